The van der Waals surface area contributed by atoms with Gasteiger partial charge in [-0.3, -0.25) is 9.89 Å². The maximum absolute atomic E-state index is 5.57. The van der Waals surface area contributed by atoms with Crippen LogP contribution >= 0.6 is 24.0 Å². The Kier molecular flexibility index (Phi) is 13.4. The Balaban J connectivity index is 0.00000480. The molecule has 0 aliphatic carbocycles. The van der Waals surface area contributed by atoms with Gasteiger partial charge in [0.25, 0.3) is 0 Å². The molecule has 31 heavy (non-hydrogen) atoms. The first kappa shape index (κ1) is 27.9. The van der Waals surface area contributed by atoms with Gasteiger partial charge in [-0.1, -0.05) is 26.0 Å². The Hall–Kier alpha value is -1.10. The van der Waals surface area contributed by atoms with E-state index in [4.69, 9.17) is 9.47 Å². The summed E-state index contributed by atoms with van der Waals surface area (Å²) in [6.45, 7) is 9.61. The molecule has 2 rings (SSSR count). The van der Waals surface area contributed by atoms with Crippen molar-refractivity contribution in [2.24, 2.45) is 10.9 Å². The largest absolute Gasteiger partial charge is 0.497 e. The first-order valence-electron chi connectivity index (χ1n) is 11.0. The van der Waals surface area contributed by atoms with Crippen molar-refractivity contribution in [3.05, 3.63) is 29.8 Å². The number of hydrogen-bond acceptors (Lipinski definition) is 5. The molecule has 2 N–H and O–H groups in total. The molecule has 0 saturated carbocycles. The van der Waals surface area contributed by atoms with E-state index in [1.54, 1.807) is 7.11 Å². The molecule has 2 atom stereocenters. The number of nitrogens with zero attached hydrogens (tertiary/aromatic N) is 3. The molecule has 1 saturated heterocycles. The molecule has 1 heterocycles. The van der Waals surface area contributed by atoms with Gasteiger partial charge < -0.3 is 25.0 Å². The van der Waals surface area contributed by atoms with E-state index in [9.17, 15) is 0 Å². The smallest absolute Gasteiger partial charge is 0.191 e. The van der Waals surface area contributed by atoms with Crippen LogP contribution in [-0.4, -0.2) is 89.4 Å². The topological polar surface area (TPSA) is 61.4 Å². The van der Waals surface area contributed by atoms with Crippen molar-refractivity contribution < 1.29 is 9.47 Å². The predicted molar refractivity (Wildman–Crippen MR) is 140 cm³/mol. The fraction of sp³-hybridized carbons (Fsp3) is 0.696. The van der Waals surface area contributed by atoms with Crippen LogP contribution in [0.4, 0.5) is 0 Å². The Morgan fingerprint density at radius 2 is 1.74 bits per heavy atom. The fourth-order valence-electron chi connectivity index (χ4n) is 3.82. The molecular formula is C23H42IN5O2. The van der Waals surface area contributed by atoms with Crippen molar-refractivity contribution >= 4 is 29.9 Å². The average Bonchev–Trinajstić information content (AvgIpc) is 2.75. The van der Waals surface area contributed by atoms with Crippen LogP contribution in [0.2, 0.25) is 0 Å². The number of methoxy groups -OCH3 is 1. The van der Waals surface area contributed by atoms with Crippen LogP contribution in [0.25, 0.3) is 0 Å². The van der Waals surface area contributed by atoms with Crippen LogP contribution < -0.4 is 15.4 Å². The summed E-state index contributed by atoms with van der Waals surface area (Å²) in [7, 11) is 7.82. The van der Waals surface area contributed by atoms with Crippen molar-refractivity contribution in [2.45, 2.75) is 32.4 Å². The summed E-state index contributed by atoms with van der Waals surface area (Å²) in [5.74, 6) is 2.39. The highest BCUT2D eigenvalue weighted by Crippen LogP contribution is 2.23. The molecule has 0 amide bonds. The minimum Gasteiger partial charge on any atom is -0.497 e. The van der Waals surface area contributed by atoms with E-state index >= 15 is 0 Å². The summed E-state index contributed by atoms with van der Waals surface area (Å²) in [6.07, 6.45) is 1.15. The molecule has 1 aromatic carbocycles. The number of halogens is 1. The van der Waals surface area contributed by atoms with Crippen molar-refractivity contribution in [1.82, 2.24) is 20.4 Å². The predicted octanol–water partition coefficient (Wildman–Crippen LogP) is 2.83. The van der Waals surface area contributed by atoms with E-state index in [2.05, 4.69) is 65.5 Å². The third kappa shape index (κ3) is 9.51. The number of aliphatic imine (C=N–C) groups is 1. The van der Waals surface area contributed by atoms with E-state index in [0.29, 0.717) is 12.0 Å². The van der Waals surface area contributed by atoms with Gasteiger partial charge >= 0.3 is 0 Å². The van der Waals surface area contributed by atoms with Crippen LogP contribution in [-0.2, 0) is 4.74 Å². The molecule has 0 aromatic heterocycles. The van der Waals surface area contributed by atoms with Crippen LogP contribution in [0.15, 0.2) is 29.3 Å². The summed E-state index contributed by atoms with van der Waals surface area (Å²) in [4.78, 5) is 9.21. The van der Waals surface area contributed by atoms with E-state index < -0.39 is 0 Å². The minimum atomic E-state index is 0. The fourth-order valence-corrected chi connectivity index (χ4v) is 3.82. The van der Waals surface area contributed by atoms with Crippen LogP contribution in [0.1, 0.15) is 31.9 Å². The lowest BCUT2D eigenvalue weighted by Crippen LogP contribution is -2.48. The van der Waals surface area contributed by atoms with Crippen molar-refractivity contribution in [1.29, 1.82) is 0 Å². The van der Waals surface area contributed by atoms with Crippen LogP contribution in [0, 0.1) is 5.92 Å². The molecule has 7 nitrogen and oxygen atoms in total. The SMILES string of the molecule is CN=C(NCC(CC(C)C)N(C)C)NCC(c1ccc(OC)cc1)N1CCOCC1.I. The molecule has 178 valence electrons. The van der Waals surface area contributed by atoms with Gasteiger partial charge in [0.15, 0.2) is 5.96 Å². The summed E-state index contributed by atoms with van der Waals surface area (Å²) in [5, 5.41) is 7.07. The Labute approximate surface area is 206 Å². The quantitative estimate of drug-likeness (QED) is 0.267. The number of nitrogens with one attached hydrogen (secondary N) is 2. The highest BCUT2D eigenvalue weighted by Gasteiger charge is 2.23. The van der Waals surface area contributed by atoms with Gasteiger partial charge in [0.05, 0.1) is 26.4 Å². The van der Waals surface area contributed by atoms with Gasteiger partial charge in [0, 0.05) is 39.3 Å². The first-order valence-corrected chi connectivity index (χ1v) is 11.0. The highest BCUT2D eigenvalue weighted by atomic mass is 127. The zero-order chi connectivity index (χ0) is 21.9. The number of ether oxygens (including phenoxy) is 2. The molecule has 2 unspecified atom stereocenters. The Morgan fingerprint density at radius 3 is 2.26 bits per heavy atom. The normalized spacial score (nSPS) is 17.2. The zero-order valence-electron chi connectivity index (χ0n) is 20.1. The summed E-state index contributed by atoms with van der Waals surface area (Å²) in [6, 6.07) is 9.09. The number of likely N-dealkylation sites (N-methyl/N-ethyl adjacent to an activating group) is 1. The third-order valence-electron chi connectivity index (χ3n) is 5.65. The summed E-state index contributed by atoms with van der Waals surface area (Å²) in [5.41, 5.74) is 1.27. The second-order valence-corrected chi connectivity index (χ2v) is 8.52. The van der Waals surface area contributed by atoms with Gasteiger partial charge in [-0.25, -0.2) is 0 Å². The Morgan fingerprint density at radius 1 is 1.13 bits per heavy atom. The summed E-state index contributed by atoms with van der Waals surface area (Å²) >= 11 is 0. The van der Waals surface area contributed by atoms with Gasteiger partial charge in [-0.05, 0) is 44.1 Å². The summed E-state index contributed by atoms with van der Waals surface area (Å²) < 4.78 is 10.9. The molecule has 8 heteroatoms. The lowest BCUT2D eigenvalue weighted by atomic mass is 10.0. The second-order valence-electron chi connectivity index (χ2n) is 8.52. The van der Waals surface area contributed by atoms with Crippen molar-refractivity contribution in [2.75, 3.05) is 67.6 Å². The first-order chi connectivity index (χ1) is 14.4. The maximum Gasteiger partial charge on any atom is 0.191 e. The molecule has 0 radical (unpaired) electrons. The standard InChI is InChI=1S/C23H41N5O2.HI/c1-18(2)15-20(27(4)5)16-25-23(24-3)26-17-22(28-11-13-30-14-12-28)19-7-9-21(29-6)10-8-19;/h7-10,18,20,22H,11-17H2,1-6H3,(H2,24,25,26);1H. The lowest BCUT2D eigenvalue weighted by molar-refractivity contribution is 0.0170. The van der Waals surface area contributed by atoms with E-state index in [1.807, 2.05) is 19.2 Å². The lowest BCUT2D eigenvalue weighted by Gasteiger charge is -2.35. The van der Waals surface area contributed by atoms with Crippen LogP contribution in [0.5, 0.6) is 5.75 Å². The highest BCUT2D eigenvalue weighted by molar-refractivity contribution is 14.0. The number of rotatable bonds is 10. The maximum atomic E-state index is 5.57. The zero-order valence-corrected chi connectivity index (χ0v) is 22.4. The number of benzene rings is 1. The van der Waals surface area contributed by atoms with Gasteiger partial charge in [-0.15, -0.1) is 24.0 Å². The molecule has 0 bridgehead atoms. The Bertz CT molecular complexity index is 633. The van der Waals surface area contributed by atoms with Crippen molar-refractivity contribution in [3.8, 4) is 5.75 Å². The van der Waals surface area contributed by atoms with Gasteiger partial charge in [0.1, 0.15) is 5.75 Å². The molecule has 1 aromatic rings. The molecule has 1 fully saturated rings. The van der Waals surface area contributed by atoms with Gasteiger partial charge in [0.2, 0.25) is 0 Å². The van der Waals surface area contributed by atoms with E-state index in [0.717, 1.165) is 57.5 Å². The minimum absolute atomic E-state index is 0. The molecular weight excluding hydrogens is 505 g/mol. The molecule has 0 spiro atoms. The number of guanidine groups is 1. The number of hydrogen-bond donors (Lipinski definition) is 2. The van der Waals surface area contributed by atoms with Crippen LogP contribution in [0.3, 0.4) is 0 Å². The molecule has 1 aliphatic heterocycles. The van der Waals surface area contributed by atoms with E-state index in [-0.39, 0.29) is 30.0 Å². The van der Waals surface area contributed by atoms with E-state index in [1.165, 1.54) is 5.56 Å². The van der Waals surface area contributed by atoms with Gasteiger partial charge in [-0.2, -0.15) is 0 Å². The molecule has 1 aliphatic rings. The monoisotopic (exact) mass is 547 g/mol. The average molecular weight is 548 g/mol. The van der Waals surface area contributed by atoms with Crippen molar-refractivity contribution in [3.63, 3.8) is 0 Å². The third-order valence-corrected chi connectivity index (χ3v) is 5.65. The number of morpholine rings is 1. The second kappa shape index (κ2) is 14.9.